The number of nitrogens with zero attached hydrogens (tertiary/aromatic N) is 4. The van der Waals surface area contributed by atoms with E-state index in [0.717, 1.165) is 11.1 Å². The molecule has 0 bridgehead atoms. The summed E-state index contributed by atoms with van der Waals surface area (Å²) in [5, 5.41) is 19.5. The van der Waals surface area contributed by atoms with Crippen LogP contribution in [-0.4, -0.2) is 20.2 Å². The van der Waals surface area contributed by atoms with Crippen LogP contribution < -0.4 is 9.91 Å². The Kier molecular flexibility index (Phi) is 7.29. The van der Waals surface area contributed by atoms with E-state index < -0.39 is 9.25 Å². The predicted octanol–water partition coefficient (Wildman–Crippen LogP) is 8.56. The van der Waals surface area contributed by atoms with Crippen molar-refractivity contribution in [2.75, 3.05) is 9.91 Å². The third-order valence-corrected chi connectivity index (χ3v) is 9.78. The van der Waals surface area contributed by atoms with Gasteiger partial charge in [-0.25, -0.2) is 5.01 Å². The average Bonchev–Trinajstić information content (AvgIpc) is 3.46. The van der Waals surface area contributed by atoms with Crippen LogP contribution in [0.3, 0.4) is 0 Å². The van der Waals surface area contributed by atoms with Gasteiger partial charge in [-0.3, -0.25) is 19.8 Å². The van der Waals surface area contributed by atoms with E-state index in [1.54, 1.807) is 40.2 Å². The lowest BCUT2D eigenvalue weighted by atomic mass is 10.1. The van der Waals surface area contributed by atoms with E-state index in [-0.39, 0.29) is 11.6 Å². The normalized spacial score (nSPS) is 19.3. The van der Waals surface area contributed by atoms with Gasteiger partial charge in [-0.1, -0.05) is 83.0 Å². The fourth-order valence-corrected chi connectivity index (χ4v) is 8.06. The highest BCUT2D eigenvalue weighted by Gasteiger charge is 2.59. The number of nitro benzene ring substituents is 1. The first-order chi connectivity index (χ1) is 19.7. The fraction of sp³-hybridized carbons (Fsp3) is 0.0667. The Bertz CT molecular complexity index is 1730. The zero-order valence-electron chi connectivity index (χ0n) is 21.4. The number of hydrogen-bond acceptors (Lipinski definition) is 7. The molecule has 4 aromatic carbocycles. The first-order valence-electron chi connectivity index (χ1n) is 12.4. The van der Waals surface area contributed by atoms with Crippen LogP contribution in [0.5, 0.6) is 0 Å². The summed E-state index contributed by atoms with van der Waals surface area (Å²) >= 11 is 15.5. The molecule has 6 rings (SSSR count). The van der Waals surface area contributed by atoms with Crippen molar-refractivity contribution in [2.45, 2.75) is 11.3 Å². The number of hydrazone groups is 1. The summed E-state index contributed by atoms with van der Waals surface area (Å²) in [6.45, 7) is 2.01. The van der Waals surface area contributed by atoms with Crippen LogP contribution in [0.25, 0.3) is 6.08 Å². The van der Waals surface area contributed by atoms with Crippen LogP contribution in [0.15, 0.2) is 107 Å². The molecule has 1 amide bonds. The highest BCUT2D eigenvalue weighted by molar-refractivity contribution is 8.28. The highest BCUT2D eigenvalue weighted by atomic mass is 35.5. The molecule has 0 saturated carbocycles. The van der Waals surface area contributed by atoms with E-state index in [2.05, 4.69) is 0 Å². The van der Waals surface area contributed by atoms with Gasteiger partial charge in [-0.05, 0) is 72.8 Å². The summed E-state index contributed by atoms with van der Waals surface area (Å²) in [5.74, 6) is -0.195. The Morgan fingerprint density at radius 3 is 2.27 bits per heavy atom. The summed E-state index contributed by atoms with van der Waals surface area (Å²) in [4.78, 5) is 27.4. The van der Waals surface area contributed by atoms with E-state index >= 15 is 0 Å². The first-order valence-corrected chi connectivity index (χ1v) is 14.8. The molecule has 1 unspecified atom stereocenters. The van der Waals surface area contributed by atoms with E-state index in [1.807, 2.05) is 67.6 Å². The van der Waals surface area contributed by atoms with Crippen molar-refractivity contribution in [3.8, 4) is 0 Å². The molecule has 1 spiro atoms. The van der Waals surface area contributed by atoms with Crippen LogP contribution in [0.2, 0.25) is 10.0 Å². The number of carbonyl (C=O) groups is 1. The zero-order chi connectivity index (χ0) is 28.7. The Balaban J connectivity index is 1.54. The van der Waals surface area contributed by atoms with Crippen molar-refractivity contribution in [2.24, 2.45) is 5.10 Å². The molecular formula is C30H20Cl2N4O3S2. The minimum absolute atomic E-state index is 0.0466. The molecule has 1 fully saturated rings. The molecule has 0 N–H and O–H groups in total. The maximum Gasteiger partial charge on any atom is 0.269 e. The van der Waals surface area contributed by atoms with E-state index in [9.17, 15) is 14.9 Å². The smallest absolute Gasteiger partial charge is 0.268 e. The number of nitro groups is 1. The molecule has 2 heterocycles. The lowest BCUT2D eigenvalue weighted by molar-refractivity contribution is -0.384. The van der Waals surface area contributed by atoms with Gasteiger partial charge in [0.05, 0.1) is 20.5 Å². The van der Waals surface area contributed by atoms with Crippen molar-refractivity contribution in [1.82, 2.24) is 0 Å². The summed E-state index contributed by atoms with van der Waals surface area (Å²) in [5.41, 5.74) is 3.87. The second-order valence-corrected chi connectivity index (χ2v) is 12.7. The maximum atomic E-state index is 14.2. The molecule has 1 atom stereocenters. The number of carbonyl (C=O) groups excluding carboxylic acids is 1. The van der Waals surface area contributed by atoms with Crippen molar-refractivity contribution in [3.63, 3.8) is 0 Å². The number of hydrogen-bond donors (Lipinski definition) is 0. The zero-order valence-corrected chi connectivity index (χ0v) is 24.5. The summed E-state index contributed by atoms with van der Waals surface area (Å²) in [6, 6.07) is 28.6. The molecule has 2 aliphatic rings. The van der Waals surface area contributed by atoms with Gasteiger partial charge in [-0.2, -0.15) is 5.10 Å². The lowest BCUT2D eigenvalue weighted by Crippen LogP contribution is -2.51. The van der Waals surface area contributed by atoms with E-state index in [4.69, 9.17) is 28.3 Å². The molecule has 4 aromatic rings. The van der Waals surface area contributed by atoms with Gasteiger partial charge in [0, 0.05) is 28.4 Å². The Morgan fingerprint density at radius 2 is 1.61 bits per heavy atom. The fourth-order valence-electron chi connectivity index (χ4n) is 4.49. The number of benzene rings is 4. The summed E-state index contributed by atoms with van der Waals surface area (Å²) in [7, 11) is 0. The number of rotatable bonds is 5. The number of thioether (sulfide) groups is 2. The molecule has 41 heavy (non-hydrogen) atoms. The molecular weight excluding hydrogens is 599 g/mol. The van der Waals surface area contributed by atoms with Crippen molar-refractivity contribution >= 4 is 80.8 Å². The van der Waals surface area contributed by atoms with Gasteiger partial charge >= 0.3 is 0 Å². The molecule has 0 aliphatic carbocycles. The standard InChI is InChI=1S/C30H20Cl2N4O3S2/c1-19-7-9-20(10-8-19)17-27-29(37)34(22-5-3-2-4-6-22)30(40-27)35(23-12-14-24(15-13-23)36(38)39)33-28(41-30)25-16-11-21(31)18-26(25)32/h2-18H,1H3/b27-17+. The number of para-hydroxylation sites is 1. The topological polar surface area (TPSA) is 79.0 Å². The molecule has 7 nitrogen and oxygen atoms in total. The van der Waals surface area contributed by atoms with E-state index in [0.29, 0.717) is 36.9 Å². The number of halogens is 2. The van der Waals surface area contributed by atoms with Gasteiger partial charge < -0.3 is 0 Å². The van der Waals surface area contributed by atoms with Gasteiger partial charge in [0.25, 0.3) is 11.6 Å². The van der Waals surface area contributed by atoms with Crippen LogP contribution in [0.1, 0.15) is 16.7 Å². The maximum absolute atomic E-state index is 14.2. The quantitative estimate of drug-likeness (QED) is 0.127. The average molecular weight is 620 g/mol. The molecule has 204 valence electrons. The predicted molar refractivity (Wildman–Crippen MR) is 170 cm³/mol. The van der Waals surface area contributed by atoms with Crippen molar-refractivity contribution < 1.29 is 9.72 Å². The van der Waals surface area contributed by atoms with Gasteiger partial charge in [0.15, 0.2) is 0 Å². The number of aryl methyl sites for hydroxylation is 1. The Hall–Kier alpha value is -3.76. The SMILES string of the molecule is Cc1ccc(/C=C2/SC3(SC(c4ccc(Cl)cc4Cl)=NN3c3ccc([N+](=O)[O-])cc3)N(c3ccccc3)C2=O)cc1. The minimum atomic E-state index is -1.14. The van der Waals surface area contributed by atoms with Crippen LogP contribution >= 0.6 is 46.7 Å². The van der Waals surface area contributed by atoms with Gasteiger partial charge in [0.1, 0.15) is 5.04 Å². The number of anilines is 2. The van der Waals surface area contributed by atoms with Crippen LogP contribution in [0, 0.1) is 17.0 Å². The lowest BCUT2D eigenvalue weighted by Gasteiger charge is -2.38. The monoisotopic (exact) mass is 618 g/mol. The second kappa shape index (κ2) is 10.9. The van der Waals surface area contributed by atoms with Crippen LogP contribution in [0.4, 0.5) is 17.1 Å². The Morgan fingerprint density at radius 1 is 0.902 bits per heavy atom. The molecule has 0 aromatic heterocycles. The number of non-ortho nitro benzene ring substituents is 1. The molecule has 1 saturated heterocycles. The number of amides is 1. The van der Waals surface area contributed by atoms with Crippen molar-refractivity contribution in [1.29, 1.82) is 0 Å². The summed E-state index contributed by atoms with van der Waals surface area (Å²) < 4.78 is -1.14. The third kappa shape index (κ3) is 5.10. The minimum Gasteiger partial charge on any atom is -0.268 e. The van der Waals surface area contributed by atoms with Gasteiger partial charge in [0.2, 0.25) is 4.33 Å². The van der Waals surface area contributed by atoms with Crippen molar-refractivity contribution in [3.05, 3.63) is 139 Å². The largest absolute Gasteiger partial charge is 0.269 e. The molecule has 11 heteroatoms. The Labute approximate surface area is 254 Å². The first kappa shape index (κ1) is 27.4. The van der Waals surface area contributed by atoms with Crippen LogP contribution in [-0.2, 0) is 4.79 Å². The van der Waals surface area contributed by atoms with Gasteiger partial charge in [-0.15, -0.1) is 0 Å². The molecule has 0 radical (unpaired) electrons. The second-order valence-electron chi connectivity index (χ2n) is 9.26. The highest BCUT2D eigenvalue weighted by Crippen LogP contribution is 2.60. The summed E-state index contributed by atoms with van der Waals surface area (Å²) in [6.07, 6.45) is 1.87. The molecule has 2 aliphatic heterocycles. The third-order valence-electron chi connectivity index (χ3n) is 6.48. The van der Waals surface area contributed by atoms with E-state index in [1.165, 1.54) is 35.7 Å².